The maximum absolute atomic E-state index is 5.89. The predicted molar refractivity (Wildman–Crippen MR) is 128 cm³/mol. The number of nitrogens with zero attached hydrogens (tertiary/aromatic N) is 1. The Morgan fingerprint density at radius 1 is 1.20 bits per heavy atom. The topological polar surface area (TPSA) is 33.7 Å². The fraction of sp³-hybridized carbons (Fsp3) is 0.480. The first-order valence-corrected chi connectivity index (χ1v) is 11.1. The molecule has 1 atom stereocenters. The number of hydrogen-bond donors (Lipinski definition) is 1. The second-order valence-corrected chi connectivity index (χ2v) is 9.48. The molecule has 3 rings (SSSR count). The minimum absolute atomic E-state index is 0.148. The zero-order valence-electron chi connectivity index (χ0n) is 18.8. The van der Waals surface area contributed by atoms with Crippen molar-refractivity contribution in [3.05, 3.63) is 59.2 Å². The number of ether oxygens (including phenoxy) is 2. The standard InChI is InChI=1S/C25H34N2O2S/c1-18-8-13-22(23(15-18)28-5)26-24(30)27(17-21-7-6-14-29-21)16-19-9-11-20(12-10-19)25(2,3)4/h8-13,15,21H,6-7,14,16-17H2,1-5H3,(H,26,30). The molecule has 2 aromatic rings. The summed E-state index contributed by atoms with van der Waals surface area (Å²) < 4.78 is 11.4. The molecule has 0 radical (unpaired) electrons. The quantitative estimate of drug-likeness (QED) is 0.601. The fourth-order valence-electron chi connectivity index (χ4n) is 3.68. The van der Waals surface area contributed by atoms with Crippen LogP contribution in [0.5, 0.6) is 5.75 Å². The maximum atomic E-state index is 5.89. The summed E-state index contributed by atoms with van der Waals surface area (Å²) in [5, 5.41) is 4.08. The molecule has 30 heavy (non-hydrogen) atoms. The number of rotatable bonds is 6. The molecule has 0 saturated carbocycles. The van der Waals surface area contributed by atoms with Crippen LogP contribution in [0.3, 0.4) is 0 Å². The molecule has 0 bridgehead atoms. The van der Waals surface area contributed by atoms with Gasteiger partial charge in [0.1, 0.15) is 5.75 Å². The largest absolute Gasteiger partial charge is 0.495 e. The molecule has 1 aliphatic heterocycles. The van der Waals surface area contributed by atoms with Crippen molar-refractivity contribution in [2.24, 2.45) is 0 Å². The molecule has 1 saturated heterocycles. The van der Waals surface area contributed by atoms with Crippen molar-refractivity contribution in [3.8, 4) is 5.75 Å². The summed E-state index contributed by atoms with van der Waals surface area (Å²) in [7, 11) is 1.68. The molecule has 4 nitrogen and oxygen atoms in total. The molecule has 0 aliphatic carbocycles. The van der Waals surface area contributed by atoms with E-state index in [1.54, 1.807) is 7.11 Å². The fourth-order valence-corrected chi connectivity index (χ4v) is 3.93. The average molecular weight is 427 g/mol. The number of methoxy groups -OCH3 is 1. The van der Waals surface area contributed by atoms with Crippen LogP contribution in [0.25, 0.3) is 0 Å². The first-order valence-electron chi connectivity index (χ1n) is 10.7. The zero-order valence-corrected chi connectivity index (χ0v) is 19.6. The van der Waals surface area contributed by atoms with Gasteiger partial charge in [0.15, 0.2) is 5.11 Å². The Balaban J connectivity index is 1.77. The van der Waals surface area contributed by atoms with E-state index in [4.69, 9.17) is 21.7 Å². The van der Waals surface area contributed by atoms with Gasteiger partial charge in [-0.1, -0.05) is 51.1 Å². The van der Waals surface area contributed by atoms with Crippen molar-refractivity contribution in [2.45, 2.75) is 58.6 Å². The smallest absolute Gasteiger partial charge is 0.173 e. The summed E-state index contributed by atoms with van der Waals surface area (Å²) in [6, 6.07) is 14.9. The van der Waals surface area contributed by atoms with Gasteiger partial charge in [-0.3, -0.25) is 0 Å². The van der Waals surface area contributed by atoms with Gasteiger partial charge < -0.3 is 19.7 Å². The Hall–Kier alpha value is -2.11. The Morgan fingerprint density at radius 3 is 2.53 bits per heavy atom. The van der Waals surface area contributed by atoms with Crippen molar-refractivity contribution >= 4 is 23.0 Å². The van der Waals surface area contributed by atoms with E-state index in [2.05, 4.69) is 68.2 Å². The monoisotopic (exact) mass is 426 g/mol. The van der Waals surface area contributed by atoms with Gasteiger partial charge in [-0.05, 0) is 66.2 Å². The van der Waals surface area contributed by atoms with Gasteiger partial charge in [-0.15, -0.1) is 0 Å². The molecule has 0 amide bonds. The van der Waals surface area contributed by atoms with Gasteiger partial charge in [-0.2, -0.15) is 0 Å². The first kappa shape index (κ1) is 22.6. The summed E-state index contributed by atoms with van der Waals surface area (Å²) in [5.74, 6) is 0.795. The van der Waals surface area contributed by atoms with Crippen LogP contribution in [-0.4, -0.2) is 36.4 Å². The average Bonchev–Trinajstić information content (AvgIpc) is 3.21. The van der Waals surface area contributed by atoms with E-state index in [-0.39, 0.29) is 11.5 Å². The highest BCUT2D eigenvalue weighted by molar-refractivity contribution is 7.80. The minimum atomic E-state index is 0.148. The van der Waals surface area contributed by atoms with E-state index in [1.165, 1.54) is 11.1 Å². The van der Waals surface area contributed by atoms with Gasteiger partial charge in [0.2, 0.25) is 0 Å². The van der Waals surface area contributed by atoms with Crippen molar-refractivity contribution in [2.75, 3.05) is 25.6 Å². The van der Waals surface area contributed by atoms with Gasteiger partial charge in [-0.25, -0.2) is 0 Å². The van der Waals surface area contributed by atoms with Crippen LogP contribution in [0.2, 0.25) is 0 Å². The molecule has 1 heterocycles. The highest BCUT2D eigenvalue weighted by atomic mass is 32.1. The number of aryl methyl sites for hydroxylation is 1. The first-order chi connectivity index (χ1) is 14.3. The van der Waals surface area contributed by atoms with Crippen LogP contribution >= 0.6 is 12.2 Å². The molecule has 0 aromatic heterocycles. The third-order valence-electron chi connectivity index (χ3n) is 5.53. The Kier molecular flexibility index (Phi) is 7.37. The summed E-state index contributed by atoms with van der Waals surface area (Å²) >= 11 is 5.82. The van der Waals surface area contributed by atoms with Crippen molar-refractivity contribution in [1.82, 2.24) is 4.90 Å². The van der Waals surface area contributed by atoms with Crippen LogP contribution in [-0.2, 0) is 16.7 Å². The van der Waals surface area contributed by atoms with Crippen molar-refractivity contribution < 1.29 is 9.47 Å². The summed E-state index contributed by atoms with van der Waals surface area (Å²) in [6.07, 6.45) is 2.42. The van der Waals surface area contributed by atoms with E-state index in [0.29, 0.717) is 5.11 Å². The number of thiocarbonyl (C=S) groups is 1. The summed E-state index contributed by atoms with van der Waals surface area (Å²) in [5.41, 5.74) is 4.75. The van der Waals surface area contributed by atoms with E-state index in [1.807, 2.05) is 12.1 Å². The molecule has 5 heteroatoms. The van der Waals surface area contributed by atoms with Crippen LogP contribution in [0, 0.1) is 6.92 Å². The van der Waals surface area contributed by atoms with Gasteiger partial charge >= 0.3 is 0 Å². The third-order valence-corrected chi connectivity index (χ3v) is 5.89. The highest BCUT2D eigenvalue weighted by Gasteiger charge is 2.22. The van der Waals surface area contributed by atoms with E-state index >= 15 is 0 Å². The molecule has 1 N–H and O–H groups in total. The third kappa shape index (κ3) is 5.96. The second-order valence-electron chi connectivity index (χ2n) is 9.10. The van der Waals surface area contributed by atoms with Crippen LogP contribution in [0.1, 0.15) is 50.3 Å². The second kappa shape index (κ2) is 9.80. The van der Waals surface area contributed by atoms with Gasteiger partial charge in [0.05, 0.1) is 18.9 Å². The molecule has 2 aromatic carbocycles. The number of anilines is 1. The van der Waals surface area contributed by atoms with Crippen LogP contribution in [0.4, 0.5) is 5.69 Å². The Labute approximate surface area is 186 Å². The van der Waals surface area contributed by atoms with Crippen LogP contribution in [0.15, 0.2) is 42.5 Å². The van der Waals surface area contributed by atoms with Gasteiger partial charge in [0, 0.05) is 19.7 Å². The Morgan fingerprint density at radius 2 is 1.93 bits per heavy atom. The molecule has 1 aliphatic rings. The SMILES string of the molecule is COc1cc(C)ccc1NC(=S)N(Cc1ccc(C(C)(C)C)cc1)CC1CCCO1. The molecular weight excluding hydrogens is 392 g/mol. The highest BCUT2D eigenvalue weighted by Crippen LogP contribution is 2.27. The predicted octanol–water partition coefficient (Wildman–Crippen LogP) is 5.68. The van der Waals surface area contributed by atoms with Crippen molar-refractivity contribution in [1.29, 1.82) is 0 Å². The lowest BCUT2D eigenvalue weighted by molar-refractivity contribution is 0.0905. The van der Waals surface area contributed by atoms with Gasteiger partial charge in [0.25, 0.3) is 0 Å². The number of hydrogen-bond acceptors (Lipinski definition) is 3. The number of nitrogens with one attached hydrogen (secondary N) is 1. The summed E-state index contributed by atoms with van der Waals surface area (Å²) in [6.45, 7) is 11.1. The molecule has 1 unspecified atom stereocenters. The normalized spacial score (nSPS) is 16.4. The van der Waals surface area contributed by atoms with E-state index in [9.17, 15) is 0 Å². The molecule has 162 valence electrons. The molecule has 0 spiro atoms. The minimum Gasteiger partial charge on any atom is -0.495 e. The lowest BCUT2D eigenvalue weighted by Gasteiger charge is -2.29. The van der Waals surface area contributed by atoms with Crippen molar-refractivity contribution in [3.63, 3.8) is 0 Å². The molecule has 1 fully saturated rings. The van der Waals surface area contributed by atoms with E-state index < -0.39 is 0 Å². The lowest BCUT2D eigenvalue weighted by atomic mass is 9.87. The maximum Gasteiger partial charge on any atom is 0.173 e. The number of benzene rings is 2. The van der Waals surface area contributed by atoms with Crippen LogP contribution < -0.4 is 10.1 Å². The lowest BCUT2D eigenvalue weighted by Crippen LogP contribution is -2.39. The van der Waals surface area contributed by atoms with E-state index in [0.717, 1.165) is 49.5 Å². The Bertz CT molecular complexity index is 852. The molecular formula is C25H34N2O2S. The summed E-state index contributed by atoms with van der Waals surface area (Å²) in [4.78, 5) is 2.21. The zero-order chi connectivity index (χ0) is 21.7.